The number of aliphatic hydroxyl groups is 4. The van der Waals surface area contributed by atoms with Gasteiger partial charge in [-0.15, -0.1) is 0 Å². The van der Waals surface area contributed by atoms with Gasteiger partial charge in [0.2, 0.25) is 5.91 Å². The van der Waals surface area contributed by atoms with Crippen LogP contribution in [-0.4, -0.2) is 75.5 Å². The van der Waals surface area contributed by atoms with Gasteiger partial charge in [-0.3, -0.25) is 4.79 Å². The van der Waals surface area contributed by atoms with Crippen molar-refractivity contribution in [1.29, 1.82) is 0 Å². The molecule has 0 spiro atoms. The maximum absolute atomic E-state index is 11.3. The van der Waals surface area contributed by atoms with Crippen molar-refractivity contribution in [2.45, 2.75) is 30.6 Å². The van der Waals surface area contributed by atoms with Crippen LogP contribution in [0.2, 0.25) is 0 Å². The summed E-state index contributed by atoms with van der Waals surface area (Å²) in [7, 11) is 1.36. The number of hydrogen-bond acceptors (Lipinski definition) is 6. The van der Waals surface area contributed by atoms with Crippen molar-refractivity contribution in [3.05, 3.63) is 12.7 Å². The molecule has 1 saturated heterocycles. The third-order valence-corrected chi connectivity index (χ3v) is 2.77. The number of amides is 1. The van der Waals surface area contributed by atoms with E-state index in [4.69, 9.17) is 9.84 Å². The predicted octanol–water partition coefficient (Wildman–Crippen LogP) is -2.57. The number of carbonyl (C=O) groups is 1. The predicted molar refractivity (Wildman–Crippen MR) is 56.7 cm³/mol. The van der Waals surface area contributed by atoms with E-state index >= 15 is 0 Å². The Kier molecular flexibility index (Phi) is 4.61. The Morgan fingerprint density at radius 2 is 1.94 bits per heavy atom. The molecular formula is C10H17NO6. The SMILES string of the molecule is C=CC(=O)N(C)C1O[C@H](CO)[C@@H](O)[C@H](O)[C@H]1O. The van der Waals surface area contributed by atoms with Gasteiger partial charge < -0.3 is 30.1 Å². The second-order valence-corrected chi connectivity index (χ2v) is 3.87. The molecule has 1 fully saturated rings. The number of carbonyl (C=O) groups excluding carboxylic acids is 1. The number of ether oxygens (including phenoxy) is 1. The van der Waals surface area contributed by atoms with E-state index in [1.54, 1.807) is 0 Å². The topological polar surface area (TPSA) is 110 Å². The molecule has 1 aliphatic heterocycles. The zero-order valence-electron chi connectivity index (χ0n) is 9.43. The Morgan fingerprint density at radius 1 is 1.35 bits per heavy atom. The molecule has 1 unspecified atom stereocenters. The number of nitrogens with zero attached hydrogens (tertiary/aromatic N) is 1. The van der Waals surface area contributed by atoms with E-state index in [9.17, 15) is 20.1 Å². The Bertz CT molecular complexity index is 295. The number of rotatable bonds is 3. The molecule has 7 heteroatoms. The molecular weight excluding hydrogens is 230 g/mol. The van der Waals surface area contributed by atoms with E-state index in [2.05, 4.69) is 6.58 Å². The van der Waals surface area contributed by atoms with Crippen LogP contribution in [0, 0.1) is 0 Å². The van der Waals surface area contributed by atoms with Crippen LogP contribution in [0.1, 0.15) is 0 Å². The molecule has 0 bridgehead atoms. The van der Waals surface area contributed by atoms with E-state index in [1.807, 2.05) is 0 Å². The van der Waals surface area contributed by atoms with Gasteiger partial charge in [0.05, 0.1) is 6.61 Å². The summed E-state index contributed by atoms with van der Waals surface area (Å²) in [6.45, 7) is 2.75. The molecule has 7 nitrogen and oxygen atoms in total. The van der Waals surface area contributed by atoms with Crippen LogP contribution < -0.4 is 0 Å². The zero-order valence-corrected chi connectivity index (χ0v) is 9.43. The highest BCUT2D eigenvalue weighted by molar-refractivity contribution is 5.86. The molecule has 0 aromatic heterocycles. The lowest BCUT2D eigenvalue weighted by Gasteiger charge is -2.43. The molecule has 17 heavy (non-hydrogen) atoms. The van der Waals surface area contributed by atoms with Crippen LogP contribution in [-0.2, 0) is 9.53 Å². The van der Waals surface area contributed by atoms with Crippen molar-refractivity contribution in [3.63, 3.8) is 0 Å². The minimum Gasteiger partial charge on any atom is -0.394 e. The van der Waals surface area contributed by atoms with Crippen molar-refractivity contribution >= 4 is 5.91 Å². The molecule has 0 saturated carbocycles. The summed E-state index contributed by atoms with van der Waals surface area (Å²) in [4.78, 5) is 12.4. The van der Waals surface area contributed by atoms with Gasteiger partial charge in [0.25, 0.3) is 0 Å². The largest absolute Gasteiger partial charge is 0.394 e. The first kappa shape index (κ1) is 14.1. The second kappa shape index (κ2) is 5.56. The Labute approximate surface area is 98.5 Å². The highest BCUT2D eigenvalue weighted by Crippen LogP contribution is 2.22. The van der Waals surface area contributed by atoms with E-state index in [-0.39, 0.29) is 0 Å². The lowest BCUT2D eigenvalue weighted by Crippen LogP contribution is -2.63. The summed E-state index contributed by atoms with van der Waals surface area (Å²) in [5, 5.41) is 37.7. The molecule has 5 atom stereocenters. The fourth-order valence-corrected chi connectivity index (χ4v) is 1.67. The van der Waals surface area contributed by atoms with Crippen LogP contribution >= 0.6 is 0 Å². The summed E-state index contributed by atoms with van der Waals surface area (Å²) in [5.41, 5.74) is 0. The molecule has 0 aromatic rings. The van der Waals surface area contributed by atoms with Crippen LogP contribution in [0.25, 0.3) is 0 Å². The van der Waals surface area contributed by atoms with Gasteiger partial charge in [-0.1, -0.05) is 6.58 Å². The van der Waals surface area contributed by atoms with Crippen LogP contribution in [0.5, 0.6) is 0 Å². The number of hydrogen-bond donors (Lipinski definition) is 4. The molecule has 0 radical (unpaired) electrons. The maximum Gasteiger partial charge on any atom is 0.247 e. The number of likely N-dealkylation sites (N-methyl/N-ethyl adjacent to an activating group) is 1. The average Bonchev–Trinajstić information content (AvgIpc) is 2.34. The molecule has 0 aliphatic carbocycles. The van der Waals surface area contributed by atoms with Gasteiger partial charge in [0.15, 0.2) is 6.23 Å². The summed E-state index contributed by atoms with van der Waals surface area (Å²) in [6, 6.07) is 0. The normalized spacial score (nSPS) is 37.6. The quantitative estimate of drug-likeness (QED) is 0.408. The monoisotopic (exact) mass is 247 g/mol. The maximum atomic E-state index is 11.3. The van der Waals surface area contributed by atoms with Gasteiger partial charge in [0, 0.05) is 7.05 Å². The second-order valence-electron chi connectivity index (χ2n) is 3.87. The smallest absolute Gasteiger partial charge is 0.247 e. The standard InChI is InChI=1S/C10H17NO6/c1-3-6(13)11(2)10-9(16)8(15)7(14)5(4-12)17-10/h3,5,7-10,12,14-16H,1,4H2,2H3/t5-,7-,8+,9-,10?/m1/s1. The molecule has 1 aliphatic rings. The minimum absolute atomic E-state index is 0.505. The highest BCUT2D eigenvalue weighted by atomic mass is 16.6. The first-order chi connectivity index (χ1) is 7.93. The highest BCUT2D eigenvalue weighted by Gasteiger charge is 2.45. The molecule has 1 rings (SSSR count). The van der Waals surface area contributed by atoms with Crippen molar-refractivity contribution < 1.29 is 30.0 Å². The van der Waals surface area contributed by atoms with Crippen LogP contribution in [0.4, 0.5) is 0 Å². The van der Waals surface area contributed by atoms with Gasteiger partial charge in [-0.05, 0) is 6.08 Å². The summed E-state index contributed by atoms with van der Waals surface area (Å²) >= 11 is 0. The lowest BCUT2D eigenvalue weighted by molar-refractivity contribution is -0.258. The van der Waals surface area contributed by atoms with Crippen LogP contribution in [0.15, 0.2) is 12.7 Å². The molecule has 1 heterocycles. The van der Waals surface area contributed by atoms with Gasteiger partial charge in [-0.25, -0.2) is 0 Å². The van der Waals surface area contributed by atoms with E-state index in [0.29, 0.717) is 0 Å². The third-order valence-electron chi connectivity index (χ3n) is 2.77. The minimum atomic E-state index is -1.49. The molecule has 0 aromatic carbocycles. The molecule has 1 amide bonds. The van der Waals surface area contributed by atoms with E-state index in [0.717, 1.165) is 11.0 Å². The van der Waals surface area contributed by atoms with Crippen molar-refractivity contribution in [1.82, 2.24) is 4.90 Å². The zero-order chi connectivity index (χ0) is 13.2. The van der Waals surface area contributed by atoms with Gasteiger partial charge >= 0.3 is 0 Å². The molecule has 98 valence electrons. The first-order valence-electron chi connectivity index (χ1n) is 5.13. The summed E-state index contributed by atoms with van der Waals surface area (Å²) in [6.07, 6.45) is -5.53. The van der Waals surface area contributed by atoms with Gasteiger partial charge in [-0.2, -0.15) is 0 Å². The third kappa shape index (κ3) is 2.64. The van der Waals surface area contributed by atoms with E-state index < -0.39 is 43.2 Å². The average molecular weight is 247 g/mol. The van der Waals surface area contributed by atoms with Crippen molar-refractivity contribution in [3.8, 4) is 0 Å². The van der Waals surface area contributed by atoms with Gasteiger partial charge in [0.1, 0.15) is 24.4 Å². The fraction of sp³-hybridized carbons (Fsp3) is 0.700. The first-order valence-corrected chi connectivity index (χ1v) is 5.13. The molecule has 4 N–H and O–H groups in total. The lowest BCUT2D eigenvalue weighted by atomic mass is 9.98. The summed E-state index contributed by atoms with van der Waals surface area (Å²) in [5.74, 6) is -0.505. The fourth-order valence-electron chi connectivity index (χ4n) is 1.67. The Balaban J connectivity index is 2.85. The Morgan fingerprint density at radius 3 is 2.41 bits per heavy atom. The van der Waals surface area contributed by atoms with Crippen molar-refractivity contribution in [2.24, 2.45) is 0 Å². The summed E-state index contributed by atoms with van der Waals surface area (Å²) < 4.78 is 5.16. The van der Waals surface area contributed by atoms with Crippen molar-refractivity contribution in [2.75, 3.05) is 13.7 Å². The van der Waals surface area contributed by atoms with Crippen LogP contribution in [0.3, 0.4) is 0 Å². The van der Waals surface area contributed by atoms with E-state index in [1.165, 1.54) is 7.05 Å². The number of aliphatic hydroxyl groups excluding tert-OH is 4. The Hall–Kier alpha value is -0.990.